The van der Waals surface area contributed by atoms with E-state index >= 15 is 0 Å². The van der Waals surface area contributed by atoms with Gasteiger partial charge in [0.2, 0.25) is 5.91 Å². The fourth-order valence-electron chi connectivity index (χ4n) is 2.39. The van der Waals surface area contributed by atoms with Crippen LogP contribution in [0.2, 0.25) is 0 Å². The summed E-state index contributed by atoms with van der Waals surface area (Å²) >= 11 is 1.73. The number of nitrogens with one attached hydrogen (secondary N) is 1. The first kappa shape index (κ1) is 14.5. The molecule has 2 fully saturated rings. The minimum atomic E-state index is -0.469. The maximum atomic E-state index is 12.0. The van der Waals surface area contributed by atoms with E-state index in [0.29, 0.717) is 25.9 Å². The van der Waals surface area contributed by atoms with Gasteiger partial charge in [-0.3, -0.25) is 4.79 Å². The van der Waals surface area contributed by atoms with Gasteiger partial charge in [0, 0.05) is 25.4 Å². The Bertz CT molecular complexity index is 371. The first-order chi connectivity index (χ1) is 8.82. The summed E-state index contributed by atoms with van der Waals surface area (Å²) in [5.41, 5.74) is -0.469. The van der Waals surface area contributed by atoms with Gasteiger partial charge >= 0.3 is 6.09 Å². The van der Waals surface area contributed by atoms with E-state index in [-0.39, 0.29) is 16.7 Å². The molecule has 2 heterocycles. The lowest BCUT2D eigenvalue weighted by Crippen LogP contribution is -2.56. The molecule has 2 rings (SSSR count). The van der Waals surface area contributed by atoms with Crippen LogP contribution in [0.15, 0.2) is 0 Å². The van der Waals surface area contributed by atoms with Crippen LogP contribution in [0.25, 0.3) is 0 Å². The summed E-state index contributed by atoms with van der Waals surface area (Å²) in [6.45, 7) is 7.52. The Hall–Kier alpha value is -0.910. The molecule has 0 radical (unpaired) electrons. The van der Waals surface area contributed by atoms with Crippen molar-refractivity contribution in [1.29, 1.82) is 0 Å². The highest BCUT2D eigenvalue weighted by Gasteiger charge is 2.44. The van der Waals surface area contributed by atoms with Gasteiger partial charge in [-0.25, -0.2) is 4.79 Å². The van der Waals surface area contributed by atoms with Crippen molar-refractivity contribution in [1.82, 2.24) is 10.2 Å². The van der Waals surface area contributed by atoms with Crippen LogP contribution in [0, 0.1) is 0 Å². The van der Waals surface area contributed by atoms with Crippen molar-refractivity contribution in [3.63, 3.8) is 0 Å². The van der Waals surface area contributed by atoms with Gasteiger partial charge in [-0.2, -0.15) is 0 Å². The second kappa shape index (κ2) is 5.23. The van der Waals surface area contributed by atoms with E-state index in [2.05, 4.69) is 5.32 Å². The van der Waals surface area contributed by atoms with E-state index in [0.717, 1.165) is 12.3 Å². The molecule has 19 heavy (non-hydrogen) atoms. The van der Waals surface area contributed by atoms with Crippen LogP contribution < -0.4 is 5.32 Å². The Morgan fingerprint density at radius 3 is 2.53 bits per heavy atom. The van der Waals surface area contributed by atoms with Crippen LogP contribution in [-0.2, 0) is 9.53 Å². The third kappa shape index (κ3) is 3.35. The zero-order valence-electron chi connectivity index (χ0n) is 11.8. The van der Waals surface area contributed by atoms with Gasteiger partial charge in [0.05, 0.1) is 4.75 Å². The Balaban J connectivity index is 1.92. The molecular formula is C13H22N2O3S. The van der Waals surface area contributed by atoms with Gasteiger partial charge < -0.3 is 15.0 Å². The first-order valence-corrected chi connectivity index (χ1v) is 7.71. The SMILES string of the molecule is CC(C)(C)OC(=O)N1CCC2(CC1)SCCNC2=O. The van der Waals surface area contributed by atoms with E-state index in [1.807, 2.05) is 20.8 Å². The topological polar surface area (TPSA) is 58.6 Å². The molecule has 6 heteroatoms. The van der Waals surface area contributed by atoms with Gasteiger partial charge in [0.25, 0.3) is 0 Å². The Labute approximate surface area is 118 Å². The number of nitrogens with zero attached hydrogens (tertiary/aromatic N) is 1. The monoisotopic (exact) mass is 286 g/mol. The average Bonchev–Trinajstić information content (AvgIpc) is 2.32. The normalized spacial score (nSPS) is 23.1. The number of amides is 2. The van der Waals surface area contributed by atoms with E-state index in [4.69, 9.17) is 4.74 Å². The van der Waals surface area contributed by atoms with E-state index in [1.54, 1.807) is 16.7 Å². The fraction of sp³-hybridized carbons (Fsp3) is 0.846. The highest BCUT2D eigenvalue weighted by Crippen LogP contribution is 2.38. The standard InChI is InChI=1S/C13H22N2O3S/c1-12(2,3)18-11(17)15-7-4-13(5-8-15)10(16)14-6-9-19-13/h4-9H2,1-3H3,(H,14,16). The van der Waals surface area contributed by atoms with Crippen molar-refractivity contribution in [2.24, 2.45) is 0 Å². The first-order valence-electron chi connectivity index (χ1n) is 6.73. The molecule has 2 saturated heterocycles. The Morgan fingerprint density at radius 2 is 2.00 bits per heavy atom. The summed E-state index contributed by atoms with van der Waals surface area (Å²) in [6.07, 6.45) is 1.15. The number of rotatable bonds is 0. The maximum Gasteiger partial charge on any atom is 0.410 e. The molecule has 0 atom stereocenters. The molecule has 2 aliphatic heterocycles. The smallest absolute Gasteiger partial charge is 0.410 e. The summed E-state index contributed by atoms with van der Waals surface area (Å²) < 4.78 is 5.04. The lowest BCUT2D eigenvalue weighted by Gasteiger charge is -2.42. The van der Waals surface area contributed by atoms with Crippen molar-refractivity contribution < 1.29 is 14.3 Å². The van der Waals surface area contributed by atoms with Gasteiger partial charge in [-0.05, 0) is 33.6 Å². The molecule has 1 N–H and O–H groups in total. The number of carbonyl (C=O) groups is 2. The lowest BCUT2D eigenvalue weighted by atomic mass is 9.94. The Kier molecular flexibility index (Phi) is 3.99. The summed E-state index contributed by atoms with van der Waals surface area (Å²) in [6, 6.07) is 0. The number of hydrogen-bond acceptors (Lipinski definition) is 4. The number of ether oxygens (including phenoxy) is 1. The van der Waals surface area contributed by atoms with Crippen LogP contribution in [-0.4, -0.2) is 52.6 Å². The molecule has 0 saturated carbocycles. The number of likely N-dealkylation sites (tertiary alicyclic amines) is 1. The third-order valence-electron chi connectivity index (χ3n) is 3.40. The molecule has 0 aromatic heterocycles. The summed E-state index contributed by atoms with van der Waals surface area (Å²) in [5, 5.41) is 2.93. The fourth-order valence-corrected chi connectivity index (χ4v) is 3.66. The second-order valence-corrected chi connectivity index (χ2v) is 7.54. The largest absolute Gasteiger partial charge is 0.444 e. The molecule has 0 aromatic carbocycles. The average molecular weight is 286 g/mol. The lowest BCUT2D eigenvalue weighted by molar-refractivity contribution is -0.124. The molecule has 1 spiro atoms. The third-order valence-corrected chi connectivity index (χ3v) is 4.96. The highest BCUT2D eigenvalue weighted by atomic mass is 32.2. The Morgan fingerprint density at radius 1 is 1.37 bits per heavy atom. The van der Waals surface area contributed by atoms with Gasteiger partial charge in [0.1, 0.15) is 5.60 Å². The number of thioether (sulfide) groups is 1. The molecule has 0 bridgehead atoms. The summed E-state index contributed by atoms with van der Waals surface area (Å²) in [4.78, 5) is 25.7. The zero-order valence-corrected chi connectivity index (χ0v) is 12.6. The molecule has 5 nitrogen and oxygen atoms in total. The van der Waals surface area contributed by atoms with Crippen LogP contribution in [0.3, 0.4) is 0 Å². The second-order valence-electron chi connectivity index (χ2n) is 6.07. The number of carbonyl (C=O) groups excluding carboxylic acids is 2. The van der Waals surface area contributed by atoms with E-state index in [1.165, 1.54) is 0 Å². The molecule has 2 amide bonds. The van der Waals surface area contributed by atoms with Crippen molar-refractivity contribution in [2.75, 3.05) is 25.4 Å². The zero-order chi connectivity index (χ0) is 14.1. The summed E-state index contributed by atoms with van der Waals surface area (Å²) in [5.74, 6) is 1.09. The maximum absolute atomic E-state index is 12.0. The molecule has 0 aromatic rings. The molecule has 0 aliphatic carbocycles. The van der Waals surface area contributed by atoms with Gasteiger partial charge in [-0.15, -0.1) is 11.8 Å². The van der Waals surface area contributed by atoms with Crippen molar-refractivity contribution in [2.45, 2.75) is 44.0 Å². The minimum absolute atomic E-state index is 0.132. The van der Waals surface area contributed by atoms with Gasteiger partial charge in [-0.1, -0.05) is 0 Å². The van der Waals surface area contributed by atoms with Crippen LogP contribution in [0.4, 0.5) is 4.79 Å². The quantitative estimate of drug-likeness (QED) is 0.735. The van der Waals surface area contributed by atoms with Crippen LogP contribution in [0.5, 0.6) is 0 Å². The predicted octanol–water partition coefficient (Wildman–Crippen LogP) is 1.62. The molecule has 2 aliphatic rings. The highest BCUT2D eigenvalue weighted by molar-refractivity contribution is 8.01. The van der Waals surface area contributed by atoms with Crippen LogP contribution in [0.1, 0.15) is 33.6 Å². The van der Waals surface area contributed by atoms with Crippen molar-refractivity contribution >= 4 is 23.8 Å². The van der Waals surface area contributed by atoms with Crippen molar-refractivity contribution in [3.05, 3.63) is 0 Å². The number of piperidine rings is 1. The predicted molar refractivity (Wildman–Crippen MR) is 75.2 cm³/mol. The molecule has 0 unspecified atom stereocenters. The van der Waals surface area contributed by atoms with E-state index in [9.17, 15) is 9.59 Å². The molecular weight excluding hydrogens is 264 g/mol. The molecule has 108 valence electrons. The summed E-state index contributed by atoms with van der Waals surface area (Å²) in [7, 11) is 0. The minimum Gasteiger partial charge on any atom is -0.444 e. The van der Waals surface area contributed by atoms with Gasteiger partial charge in [0.15, 0.2) is 0 Å². The number of hydrogen-bond donors (Lipinski definition) is 1. The van der Waals surface area contributed by atoms with Crippen LogP contribution >= 0.6 is 11.8 Å². The van der Waals surface area contributed by atoms with E-state index < -0.39 is 5.60 Å². The van der Waals surface area contributed by atoms with Crippen molar-refractivity contribution in [3.8, 4) is 0 Å².